The zero-order chi connectivity index (χ0) is 10.8. The quantitative estimate of drug-likeness (QED) is 0.709. The van der Waals surface area contributed by atoms with Crippen LogP contribution in [0.15, 0.2) is 18.3 Å². The van der Waals surface area contributed by atoms with E-state index in [0.717, 1.165) is 23.1 Å². The topological polar surface area (TPSA) is 47.3 Å². The highest BCUT2D eigenvalue weighted by molar-refractivity contribution is 5.57. The van der Waals surface area contributed by atoms with E-state index in [1.165, 1.54) is 0 Å². The first-order chi connectivity index (χ1) is 7.20. The SMILES string of the molecule is Cc1ccc2c(CC(C)C=O)nnn2c1. The molecule has 1 unspecified atom stereocenters. The summed E-state index contributed by atoms with van der Waals surface area (Å²) in [6.45, 7) is 3.89. The first kappa shape index (κ1) is 9.83. The summed E-state index contributed by atoms with van der Waals surface area (Å²) in [7, 11) is 0. The summed E-state index contributed by atoms with van der Waals surface area (Å²) < 4.78 is 1.75. The second kappa shape index (κ2) is 3.81. The van der Waals surface area contributed by atoms with Gasteiger partial charge in [0.05, 0.1) is 11.2 Å². The average molecular weight is 203 g/mol. The van der Waals surface area contributed by atoms with Crippen molar-refractivity contribution in [3.63, 3.8) is 0 Å². The van der Waals surface area contributed by atoms with Crippen molar-refractivity contribution in [1.29, 1.82) is 0 Å². The minimum Gasteiger partial charge on any atom is -0.303 e. The summed E-state index contributed by atoms with van der Waals surface area (Å²) >= 11 is 0. The summed E-state index contributed by atoms with van der Waals surface area (Å²) in [5.74, 6) is -0.00759. The van der Waals surface area contributed by atoms with Crippen LogP contribution in [-0.4, -0.2) is 21.1 Å². The number of rotatable bonds is 3. The van der Waals surface area contributed by atoms with Crippen molar-refractivity contribution < 1.29 is 4.79 Å². The maximum Gasteiger partial charge on any atom is 0.123 e. The third-order valence-electron chi connectivity index (χ3n) is 2.38. The van der Waals surface area contributed by atoms with Gasteiger partial charge in [-0.05, 0) is 18.6 Å². The summed E-state index contributed by atoms with van der Waals surface area (Å²) in [4.78, 5) is 10.6. The zero-order valence-electron chi connectivity index (χ0n) is 8.84. The van der Waals surface area contributed by atoms with E-state index >= 15 is 0 Å². The van der Waals surface area contributed by atoms with Gasteiger partial charge in [-0.25, -0.2) is 4.52 Å². The number of aryl methyl sites for hydroxylation is 1. The molecule has 4 heteroatoms. The number of hydrogen-bond acceptors (Lipinski definition) is 3. The molecule has 0 saturated heterocycles. The van der Waals surface area contributed by atoms with E-state index in [4.69, 9.17) is 0 Å². The van der Waals surface area contributed by atoms with E-state index in [0.29, 0.717) is 6.42 Å². The molecule has 0 spiro atoms. The maximum atomic E-state index is 10.6. The van der Waals surface area contributed by atoms with E-state index in [2.05, 4.69) is 10.3 Å². The molecule has 0 N–H and O–H groups in total. The molecule has 0 radical (unpaired) electrons. The summed E-state index contributed by atoms with van der Waals surface area (Å²) in [5.41, 5.74) is 3.01. The van der Waals surface area contributed by atoms with Gasteiger partial charge in [0.1, 0.15) is 6.29 Å². The highest BCUT2D eigenvalue weighted by Crippen LogP contribution is 2.12. The fourth-order valence-electron chi connectivity index (χ4n) is 1.55. The minimum atomic E-state index is -0.00759. The lowest BCUT2D eigenvalue weighted by Gasteiger charge is -1.99. The third kappa shape index (κ3) is 1.88. The molecule has 0 fully saturated rings. The number of carbonyl (C=O) groups excluding carboxylic acids is 1. The molecule has 0 aliphatic heterocycles. The van der Waals surface area contributed by atoms with E-state index in [-0.39, 0.29) is 5.92 Å². The number of pyridine rings is 1. The molecule has 4 nitrogen and oxygen atoms in total. The predicted octanol–water partition coefficient (Wildman–Crippen LogP) is 1.42. The monoisotopic (exact) mass is 203 g/mol. The van der Waals surface area contributed by atoms with E-state index < -0.39 is 0 Å². The molecule has 2 aromatic heterocycles. The number of aldehydes is 1. The fraction of sp³-hybridized carbons (Fsp3) is 0.364. The van der Waals surface area contributed by atoms with Crippen molar-refractivity contribution in [3.05, 3.63) is 29.6 Å². The highest BCUT2D eigenvalue weighted by Gasteiger charge is 2.09. The van der Waals surface area contributed by atoms with Crippen molar-refractivity contribution in [3.8, 4) is 0 Å². The first-order valence-electron chi connectivity index (χ1n) is 4.96. The van der Waals surface area contributed by atoms with E-state index in [1.54, 1.807) is 4.52 Å². The van der Waals surface area contributed by atoms with Crippen molar-refractivity contribution in [2.45, 2.75) is 20.3 Å². The van der Waals surface area contributed by atoms with E-state index in [1.807, 2.05) is 32.2 Å². The molecule has 0 amide bonds. The largest absolute Gasteiger partial charge is 0.303 e. The molecule has 2 rings (SSSR count). The van der Waals surface area contributed by atoms with Gasteiger partial charge in [-0.2, -0.15) is 0 Å². The Labute approximate surface area is 87.9 Å². The molecule has 0 aliphatic carbocycles. The Kier molecular flexibility index (Phi) is 2.49. The summed E-state index contributed by atoms with van der Waals surface area (Å²) in [6, 6.07) is 4.01. The number of nitrogens with zero attached hydrogens (tertiary/aromatic N) is 3. The lowest BCUT2D eigenvalue weighted by molar-refractivity contribution is -0.110. The van der Waals surface area contributed by atoms with Crippen LogP contribution >= 0.6 is 0 Å². The van der Waals surface area contributed by atoms with Gasteiger partial charge in [0.25, 0.3) is 0 Å². The van der Waals surface area contributed by atoms with Gasteiger partial charge in [-0.1, -0.05) is 18.2 Å². The van der Waals surface area contributed by atoms with Gasteiger partial charge in [0.2, 0.25) is 0 Å². The maximum absolute atomic E-state index is 10.6. The molecular weight excluding hydrogens is 190 g/mol. The van der Waals surface area contributed by atoms with Crippen LogP contribution < -0.4 is 0 Å². The normalized spacial score (nSPS) is 12.9. The summed E-state index contributed by atoms with van der Waals surface area (Å²) in [5, 5.41) is 8.10. The van der Waals surface area contributed by atoms with Crippen LogP contribution in [0, 0.1) is 12.8 Å². The van der Waals surface area contributed by atoms with Crippen molar-refractivity contribution >= 4 is 11.8 Å². The van der Waals surface area contributed by atoms with Gasteiger partial charge >= 0.3 is 0 Å². The molecular formula is C11H13N3O. The lowest BCUT2D eigenvalue weighted by Crippen LogP contribution is -2.01. The molecule has 2 heterocycles. The predicted molar refractivity (Wildman–Crippen MR) is 56.7 cm³/mol. The average Bonchev–Trinajstić information content (AvgIpc) is 2.60. The van der Waals surface area contributed by atoms with Gasteiger partial charge in [-0.3, -0.25) is 0 Å². The fourth-order valence-corrected chi connectivity index (χ4v) is 1.55. The zero-order valence-corrected chi connectivity index (χ0v) is 8.84. The van der Waals surface area contributed by atoms with Crippen LogP contribution in [0.5, 0.6) is 0 Å². The van der Waals surface area contributed by atoms with Crippen molar-refractivity contribution in [2.75, 3.05) is 0 Å². The second-order valence-corrected chi connectivity index (χ2v) is 3.89. The molecule has 2 aromatic rings. The van der Waals surface area contributed by atoms with Crippen LogP contribution in [0.4, 0.5) is 0 Å². The number of aromatic nitrogens is 3. The Morgan fingerprint density at radius 2 is 2.33 bits per heavy atom. The second-order valence-electron chi connectivity index (χ2n) is 3.89. The molecule has 0 aromatic carbocycles. The Morgan fingerprint density at radius 3 is 3.07 bits per heavy atom. The molecule has 0 saturated carbocycles. The lowest BCUT2D eigenvalue weighted by atomic mass is 10.1. The molecule has 0 bridgehead atoms. The number of fused-ring (bicyclic) bond motifs is 1. The van der Waals surface area contributed by atoms with Gasteiger partial charge in [-0.15, -0.1) is 5.10 Å². The van der Waals surface area contributed by atoms with Gasteiger partial charge < -0.3 is 4.79 Å². The van der Waals surface area contributed by atoms with E-state index in [9.17, 15) is 4.79 Å². The number of carbonyl (C=O) groups is 1. The smallest absolute Gasteiger partial charge is 0.123 e. The van der Waals surface area contributed by atoms with Crippen LogP contribution in [0.2, 0.25) is 0 Å². The van der Waals surface area contributed by atoms with Crippen molar-refractivity contribution in [2.24, 2.45) is 5.92 Å². The standard InChI is InChI=1S/C11H13N3O/c1-8-3-4-11-10(5-9(2)7-15)12-13-14(11)6-8/h3-4,6-7,9H,5H2,1-2H3. The van der Waals surface area contributed by atoms with Gasteiger partial charge in [0.15, 0.2) is 0 Å². The summed E-state index contributed by atoms with van der Waals surface area (Å²) in [6.07, 6.45) is 3.52. The third-order valence-corrected chi connectivity index (χ3v) is 2.38. The Morgan fingerprint density at radius 1 is 1.53 bits per heavy atom. The van der Waals surface area contributed by atoms with Crippen LogP contribution in [0.25, 0.3) is 5.52 Å². The van der Waals surface area contributed by atoms with Crippen LogP contribution in [0.3, 0.4) is 0 Å². The van der Waals surface area contributed by atoms with Crippen LogP contribution in [-0.2, 0) is 11.2 Å². The van der Waals surface area contributed by atoms with Gasteiger partial charge in [0, 0.05) is 18.5 Å². The molecule has 15 heavy (non-hydrogen) atoms. The molecule has 0 aliphatic rings. The molecule has 78 valence electrons. The highest BCUT2D eigenvalue weighted by atomic mass is 16.1. The molecule has 1 atom stereocenters. The Hall–Kier alpha value is -1.71. The van der Waals surface area contributed by atoms with Crippen LogP contribution in [0.1, 0.15) is 18.2 Å². The van der Waals surface area contributed by atoms with Crippen molar-refractivity contribution in [1.82, 2.24) is 14.8 Å². The first-order valence-corrected chi connectivity index (χ1v) is 4.96. The Balaban J connectivity index is 2.40. The number of hydrogen-bond donors (Lipinski definition) is 0. The Bertz CT molecular complexity index is 490. The minimum absolute atomic E-state index is 0.00759.